The fourth-order valence-corrected chi connectivity index (χ4v) is 5.41. The lowest BCUT2D eigenvalue weighted by atomic mass is 10.1. The van der Waals surface area contributed by atoms with Gasteiger partial charge in [0.15, 0.2) is 5.78 Å². The number of hydrazine groups is 1. The van der Waals surface area contributed by atoms with Crippen LogP contribution in [0.5, 0.6) is 5.75 Å². The highest BCUT2D eigenvalue weighted by Gasteiger charge is 2.24. The van der Waals surface area contributed by atoms with E-state index in [1.807, 2.05) is 31.2 Å². The second-order valence-corrected chi connectivity index (χ2v) is 10.6. The first-order chi connectivity index (χ1) is 19.2. The molecule has 0 unspecified atom stereocenters. The van der Waals surface area contributed by atoms with E-state index in [1.165, 1.54) is 27.6 Å². The molecule has 0 atom stereocenters. The fraction of sp³-hybridized carbons (Fsp3) is 0.323. The van der Waals surface area contributed by atoms with Crippen molar-refractivity contribution in [3.05, 3.63) is 81.3 Å². The van der Waals surface area contributed by atoms with Gasteiger partial charge in [0, 0.05) is 23.1 Å². The predicted octanol–water partition coefficient (Wildman–Crippen LogP) is 6.16. The Morgan fingerprint density at radius 3 is 2.33 bits per heavy atom. The van der Waals surface area contributed by atoms with Gasteiger partial charge in [0.25, 0.3) is 0 Å². The standard InChI is InChI=1S/C31H34BrN3O5/c1-20-9-8-10-27(34-15-6-5-7-16-34)30(20)35(24-13-11-22(12-14-24)21(2)36)33-29(37)18-23-17-28(39-3)25(19-26(23)32)31(38)40-4/h8-14,17,19H,5-7,15-16,18H2,1-4H3,(H,33,37). The number of Topliss-reactive ketones (excluding diaryl/α,β-unsaturated/α-hetero) is 1. The number of hydrogen-bond acceptors (Lipinski definition) is 7. The van der Waals surface area contributed by atoms with Crippen molar-refractivity contribution in [1.82, 2.24) is 5.43 Å². The molecule has 1 aliphatic rings. The van der Waals surface area contributed by atoms with Gasteiger partial charge in [0.1, 0.15) is 11.3 Å². The van der Waals surface area contributed by atoms with Crippen LogP contribution in [0.1, 0.15) is 58.0 Å². The van der Waals surface area contributed by atoms with Crippen molar-refractivity contribution >= 4 is 50.7 Å². The summed E-state index contributed by atoms with van der Waals surface area (Å²) in [4.78, 5) is 40.1. The van der Waals surface area contributed by atoms with E-state index in [4.69, 9.17) is 9.47 Å². The number of benzene rings is 3. The molecule has 4 rings (SSSR count). The molecule has 1 fully saturated rings. The largest absolute Gasteiger partial charge is 0.496 e. The van der Waals surface area contributed by atoms with Crippen LogP contribution in [0.4, 0.5) is 17.1 Å². The summed E-state index contributed by atoms with van der Waals surface area (Å²) in [6, 6.07) is 16.6. The Labute approximate surface area is 243 Å². The zero-order chi connectivity index (χ0) is 28.8. The molecule has 1 aliphatic heterocycles. The molecule has 40 heavy (non-hydrogen) atoms. The molecule has 3 aromatic rings. The number of hydrogen-bond donors (Lipinski definition) is 1. The topological polar surface area (TPSA) is 88.2 Å². The molecular weight excluding hydrogens is 574 g/mol. The summed E-state index contributed by atoms with van der Waals surface area (Å²) < 4.78 is 10.8. The maximum atomic E-state index is 13.6. The van der Waals surface area contributed by atoms with Gasteiger partial charge in [-0.25, -0.2) is 4.79 Å². The first-order valence-electron chi connectivity index (χ1n) is 13.2. The zero-order valence-electron chi connectivity index (χ0n) is 23.3. The third-order valence-corrected chi connectivity index (χ3v) is 7.77. The van der Waals surface area contributed by atoms with Gasteiger partial charge in [0.2, 0.25) is 5.91 Å². The number of aryl methyl sites for hydroxylation is 1. The summed E-state index contributed by atoms with van der Waals surface area (Å²) in [6.45, 7) is 5.45. The van der Waals surface area contributed by atoms with Gasteiger partial charge < -0.3 is 14.4 Å². The number of ether oxygens (including phenoxy) is 2. The summed E-state index contributed by atoms with van der Waals surface area (Å²) in [5, 5.41) is 1.81. The summed E-state index contributed by atoms with van der Waals surface area (Å²) in [6.07, 6.45) is 3.46. The lowest BCUT2D eigenvalue weighted by Gasteiger charge is -2.35. The van der Waals surface area contributed by atoms with Crippen molar-refractivity contribution in [3.8, 4) is 5.75 Å². The third-order valence-electron chi connectivity index (χ3n) is 7.03. The Bertz CT molecular complexity index is 1400. The number of nitrogens with zero attached hydrogens (tertiary/aromatic N) is 2. The second-order valence-electron chi connectivity index (χ2n) is 9.78. The van der Waals surface area contributed by atoms with Crippen LogP contribution in [0.25, 0.3) is 0 Å². The average molecular weight is 609 g/mol. The van der Waals surface area contributed by atoms with Crippen LogP contribution < -0.4 is 20.1 Å². The maximum Gasteiger partial charge on any atom is 0.341 e. The number of carbonyl (C=O) groups excluding carboxylic acids is 3. The first kappa shape index (κ1) is 29.1. The number of anilines is 3. The minimum Gasteiger partial charge on any atom is -0.496 e. The van der Waals surface area contributed by atoms with Gasteiger partial charge in [-0.05, 0) is 86.7 Å². The highest BCUT2D eigenvalue weighted by atomic mass is 79.9. The molecule has 0 bridgehead atoms. The van der Waals surface area contributed by atoms with Crippen LogP contribution in [0.3, 0.4) is 0 Å². The van der Waals surface area contributed by atoms with E-state index in [0.717, 1.165) is 48.6 Å². The van der Waals surface area contributed by atoms with E-state index in [0.29, 0.717) is 21.3 Å². The number of halogens is 1. The highest BCUT2D eigenvalue weighted by molar-refractivity contribution is 9.10. The molecule has 0 spiro atoms. The summed E-state index contributed by atoms with van der Waals surface area (Å²) in [5.41, 5.74) is 8.27. The van der Waals surface area contributed by atoms with Crippen molar-refractivity contribution in [3.63, 3.8) is 0 Å². The van der Waals surface area contributed by atoms with Crippen molar-refractivity contribution in [2.45, 2.75) is 39.5 Å². The lowest BCUT2D eigenvalue weighted by Crippen LogP contribution is -2.41. The normalized spacial score (nSPS) is 13.0. The quantitative estimate of drug-likeness (QED) is 0.177. The smallest absolute Gasteiger partial charge is 0.341 e. The van der Waals surface area contributed by atoms with E-state index in [9.17, 15) is 14.4 Å². The Morgan fingerprint density at radius 2 is 1.70 bits per heavy atom. The SMILES string of the molecule is COC(=O)c1cc(Br)c(CC(=O)NN(c2ccc(C(C)=O)cc2)c2c(C)cccc2N2CCCCC2)cc1OC. The number of ketones is 1. The lowest BCUT2D eigenvalue weighted by molar-refractivity contribution is -0.120. The van der Waals surface area contributed by atoms with Crippen LogP contribution in [0, 0.1) is 6.92 Å². The predicted molar refractivity (Wildman–Crippen MR) is 160 cm³/mol. The van der Waals surface area contributed by atoms with Gasteiger partial charge in [-0.3, -0.25) is 20.0 Å². The Hall–Kier alpha value is -3.85. The molecule has 1 amide bonds. The molecule has 1 saturated heterocycles. The van der Waals surface area contributed by atoms with Crippen molar-refractivity contribution in [2.75, 3.05) is 37.2 Å². The van der Waals surface area contributed by atoms with E-state index in [2.05, 4.69) is 32.3 Å². The number of nitrogens with one attached hydrogen (secondary N) is 1. The molecule has 3 aromatic carbocycles. The van der Waals surface area contributed by atoms with Crippen LogP contribution in [0.15, 0.2) is 59.1 Å². The van der Waals surface area contributed by atoms with Gasteiger partial charge in [-0.1, -0.05) is 28.1 Å². The molecule has 0 radical (unpaired) electrons. The molecule has 0 saturated carbocycles. The Balaban J connectivity index is 1.72. The number of methoxy groups -OCH3 is 2. The van der Waals surface area contributed by atoms with Gasteiger partial charge in [-0.15, -0.1) is 0 Å². The maximum absolute atomic E-state index is 13.6. The summed E-state index contributed by atoms with van der Waals surface area (Å²) >= 11 is 3.49. The Kier molecular flexibility index (Phi) is 9.47. The molecule has 1 heterocycles. The number of carbonyl (C=O) groups is 3. The molecule has 0 aliphatic carbocycles. The first-order valence-corrected chi connectivity index (χ1v) is 14.0. The number of esters is 1. The molecular formula is C31H34BrN3O5. The molecule has 0 aromatic heterocycles. The molecule has 9 heteroatoms. The number of para-hydroxylation sites is 1. The number of amides is 1. The fourth-order valence-electron chi connectivity index (χ4n) is 4.93. The minimum atomic E-state index is -0.529. The minimum absolute atomic E-state index is 0.0192. The van der Waals surface area contributed by atoms with Gasteiger partial charge in [-0.2, -0.15) is 0 Å². The van der Waals surface area contributed by atoms with Crippen LogP contribution in [0.2, 0.25) is 0 Å². The van der Waals surface area contributed by atoms with Crippen LogP contribution in [-0.4, -0.2) is 45.0 Å². The van der Waals surface area contributed by atoms with Gasteiger partial charge in [0.05, 0.1) is 37.7 Å². The average Bonchev–Trinajstić information content (AvgIpc) is 2.97. The molecule has 8 nitrogen and oxygen atoms in total. The van der Waals surface area contributed by atoms with E-state index in [-0.39, 0.29) is 23.7 Å². The molecule has 1 N–H and O–H groups in total. The van der Waals surface area contributed by atoms with Gasteiger partial charge >= 0.3 is 5.97 Å². The van der Waals surface area contributed by atoms with Crippen LogP contribution in [-0.2, 0) is 16.0 Å². The molecule has 210 valence electrons. The summed E-state index contributed by atoms with van der Waals surface area (Å²) in [5.74, 6) is -0.502. The Morgan fingerprint density at radius 1 is 1.00 bits per heavy atom. The third kappa shape index (κ3) is 6.47. The monoisotopic (exact) mass is 607 g/mol. The van der Waals surface area contributed by atoms with Crippen molar-refractivity contribution in [1.29, 1.82) is 0 Å². The zero-order valence-corrected chi connectivity index (χ0v) is 24.8. The van der Waals surface area contributed by atoms with E-state index in [1.54, 1.807) is 29.3 Å². The number of piperidine rings is 1. The van der Waals surface area contributed by atoms with Crippen molar-refractivity contribution in [2.24, 2.45) is 0 Å². The second kappa shape index (κ2) is 13.0. The van der Waals surface area contributed by atoms with Crippen molar-refractivity contribution < 1.29 is 23.9 Å². The summed E-state index contributed by atoms with van der Waals surface area (Å²) in [7, 11) is 2.77. The highest BCUT2D eigenvalue weighted by Crippen LogP contribution is 2.38. The number of rotatable bonds is 9. The van der Waals surface area contributed by atoms with E-state index >= 15 is 0 Å². The van der Waals surface area contributed by atoms with Crippen LogP contribution >= 0.6 is 15.9 Å². The van der Waals surface area contributed by atoms with E-state index < -0.39 is 5.97 Å².